The molecule has 0 amide bonds. The van der Waals surface area contributed by atoms with Gasteiger partial charge in [-0.3, -0.25) is 0 Å². The lowest BCUT2D eigenvalue weighted by Gasteiger charge is -2.09. The minimum Gasteiger partial charge on any atom is -0.205 e. The molecule has 0 spiro atoms. The van der Waals surface area contributed by atoms with Gasteiger partial charge in [0.05, 0.1) is 0 Å². The first-order valence-electron chi connectivity index (χ1n) is 11.7. The molecule has 0 aliphatic carbocycles. The minimum atomic E-state index is 1.13. The molecule has 0 bridgehead atoms. The van der Waals surface area contributed by atoms with Crippen LogP contribution in [-0.4, -0.2) is 0 Å². The van der Waals surface area contributed by atoms with Gasteiger partial charge in [0.2, 0.25) is 0 Å². The first-order valence-corrected chi connectivity index (χ1v) is 11.7. The van der Waals surface area contributed by atoms with Gasteiger partial charge < -0.3 is 0 Å². The SMILES string of the molecule is Cc1ccc[n+](CCCCCc2ccccc2CCCCC[n+]2ccccc2C)c1. The van der Waals surface area contributed by atoms with Crippen LogP contribution in [0.25, 0.3) is 0 Å². The Morgan fingerprint density at radius 3 is 1.93 bits per heavy atom. The van der Waals surface area contributed by atoms with Gasteiger partial charge in [-0.1, -0.05) is 30.3 Å². The number of aryl methyl sites for hydroxylation is 6. The molecule has 1 aromatic carbocycles. The molecule has 2 aromatic heterocycles. The third kappa shape index (κ3) is 7.40. The van der Waals surface area contributed by atoms with Crippen LogP contribution in [0.3, 0.4) is 0 Å². The lowest BCUT2D eigenvalue weighted by molar-refractivity contribution is -0.703. The third-order valence-electron chi connectivity index (χ3n) is 6.00. The van der Waals surface area contributed by atoms with Crippen molar-refractivity contribution in [1.29, 1.82) is 0 Å². The fourth-order valence-corrected chi connectivity index (χ4v) is 4.21. The quantitative estimate of drug-likeness (QED) is 0.271. The Kier molecular flexibility index (Phi) is 9.08. The maximum absolute atomic E-state index is 2.36. The maximum Gasteiger partial charge on any atom is 0.178 e. The Labute approximate surface area is 183 Å². The van der Waals surface area contributed by atoms with Gasteiger partial charge in [0, 0.05) is 43.5 Å². The number of hydrogen-bond donors (Lipinski definition) is 0. The molecular weight excluding hydrogens is 364 g/mol. The van der Waals surface area contributed by atoms with Gasteiger partial charge in [-0.2, -0.15) is 0 Å². The molecule has 2 heteroatoms. The van der Waals surface area contributed by atoms with Gasteiger partial charge in [-0.15, -0.1) is 0 Å². The molecule has 30 heavy (non-hydrogen) atoms. The number of hydrogen-bond acceptors (Lipinski definition) is 0. The van der Waals surface area contributed by atoms with Crippen molar-refractivity contribution in [2.75, 3.05) is 0 Å². The van der Waals surface area contributed by atoms with Crippen LogP contribution in [0.4, 0.5) is 0 Å². The molecule has 0 fully saturated rings. The van der Waals surface area contributed by atoms with Crippen LogP contribution in [-0.2, 0) is 25.9 Å². The van der Waals surface area contributed by atoms with E-state index in [1.165, 1.54) is 62.6 Å². The van der Waals surface area contributed by atoms with E-state index in [4.69, 9.17) is 0 Å². The predicted octanol–water partition coefficient (Wildman–Crippen LogP) is 5.70. The summed E-state index contributed by atoms with van der Waals surface area (Å²) in [5, 5.41) is 0. The van der Waals surface area contributed by atoms with E-state index in [-0.39, 0.29) is 0 Å². The van der Waals surface area contributed by atoms with Crippen molar-refractivity contribution in [2.24, 2.45) is 0 Å². The highest BCUT2D eigenvalue weighted by atomic mass is 14.9. The van der Waals surface area contributed by atoms with Crippen molar-refractivity contribution >= 4 is 0 Å². The Morgan fingerprint density at radius 2 is 1.27 bits per heavy atom. The normalized spacial score (nSPS) is 11.0. The van der Waals surface area contributed by atoms with Gasteiger partial charge in [0.25, 0.3) is 0 Å². The number of benzene rings is 1. The van der Waals surface area contributed by atoms with Crippen molar-refractivity contribution in [2.45, 2.75) is 78.3 Å². The smallest absolute Gasteiger partial charge is 0.178 e. The highest BCUT2D eigenvalue weighted by molar-refractivity contribution is 5.27. The summed E-state index contributed by atoms with van der Waals surface area (Å²) in [5.74, 6) is 0. The Bertz CT molecular complexity index is 900. The first kappa shape index (κ1) is 22.2. The molecule has 3 aromatic rings. The predicted molar refractivity (Wildman–Crippen MR) is 124 cm³/mol. The maximum atomic E-state index is 2.36. The van der Waals surface area contributed by atoms with Crippen molar-refractivity contribution in [1.82, 2.24) is 0 Å². The Hall–Kier alpha value is -2.48. The van der Waals surface area contributed by atoms with E-state index in [1.54, 1.807) is 11.1 Å². The van der Waals surface area contributed by atoms with Crippen molar-refractivity contribution in [3.05, 3.63) is 95.6 Å². The molecule has 0 aliphatic heterocycles. The highest BCUT2D eigenvalue weighted by Crippen LogP contribution is 2.16. The topological polar surface area (TPSA) is 7.76 Å². The summed E-state index contributed by atoms with van der Waals surface area (Å²) in [5.41, 5.74) is 5.82. The molecule has 0 saturated carbocycles. The summed E-state index contributed by atoms with van der Waals surface area (Å²) < 4.78 is 4.68. The summed E-state index contributed by atoms with van der Waals surface area (Å²) in [7, 11) is 0. The van der Waals surface area contributed by atoms with E-state index in [1.807, 2.05) is 0 Å². The molecule has 2 heterocycles. The fraction of sp³-hybridized carbons (Fsp3) is 0.429. The molecule has 0 radical (unpaired) electrons. The number of unbranched alkanes of at least 4 members (excludes halogenated alkanes) is 4. The molecule has 0 aliphatic rings. The van der Waals surface area contributed by atoms with Crippen LogP contribution in [0.5, 0.6) is 0 Å². The molecule has 158 valence electrons. The van der Waals surface area contributed by atoms with Crippen LogP contribution in [0, 0.1) is 13.8 Å². The van der Waals surface area contributed by atoms with Crippen molar-refractivity contribution in [3.8, 4) is 0 Å². The first-order chi connectivity index (χ1) is 14.7. The molecule has 0 N–H and O–H groups in total. The summed E-state index contributed by atoms with van der Waals surface area (Å²) in [6, 6.07) is 19.8. The lowest BCUT2D eigenvalue weighted by Crippen LogP contribution is -2.36. The summed E-state index contributed by atoms with van der Waals surface area (Å²) in [6.45, 7) is 6.61. The van der Waals surface area contributed by atoms with Crippen LogP contribution in [0.2, 0.25) is 0 Å². The van der Waals surface area contributed by atoms with E-state index >= 15 is 0 Å². The second-order valence-electron chi connectivity index (χ2n) is 8.54. The van der Waals surface area contributed by atoms with Gasteiger partial charge >= 0.3 is 0 Å². The van der Waals surface area contributed by atoms with E-state index in [9.17, 15) is 0 Å². The molecule has 0 atom stereocenters. The van der Waals surface area contributed by atoms with E-state index in [2.05, 4.69) is 96.2 Å². The van der Waals surface area contributed by atoms with Gasteiger partial charge in [0.1, 0.15) is 13.1 Å². The van der Waals surface area contributed by atoms with E-state index in [0.717, 1.165) is 13.1 Å². The Balaban J connectivity index is 1.35. The fourth-order valence-electron chi connectivity index (χ4n) is 4.21. The van der Waals surface area contributed by atoms with Gasteiger partial charge in [0.15, 0.2) is 24.3 Å². The van der Waals surface area contributed by atoms with Crippen LogP contribution >= 0.6 is 0 Å². The van der Waals surface area contributed by atoms with E-state index < -0.39 is 0 Å². The highest BCUT2D eigenvalue weighted by Gasteiger charge is 2.06. The van der Waals surface area contributed by atoms with Crippen molar-refractivity contribution in [3.63, 3.8) is 0 Å². The number of rotatable bonds is 12. The van der Waals surface area contributed by atoms with Crippen LogP contribution in [0.15, 0.2) is 73.2 Å². The molecule has 3 rings (SSSR count). The number of pyridine rings is 2. The zero-order valence-corrected chi connectivity index (χ0v) is 18.9. The zero-order valence-electron chi connectivity index (χ0n) is 18.9. The largest absolute Gasteiger partial charge is 0.205 e. The minimum absolute atomic E-state index is 1.13. The van der Waals surface area contributed by atoms with Crippen molar-refractivity contribution < 1.29 is 9.13 Å². The lowest BCUT2D eigenvalue weighted by atomic mass is 9.97. The van der Waals surface area contributed by atoms with Gasteiger partial charge in [-0.25, -0.2) is 9.13 Å². The second-order valence-corrected chi connectivity index (χ2v) is 8.54. The summed E-state index contributed by atoms with van der Waals surface area (Å²) >= 11 is 0. The Morgan fingerprint density at radius 1 is 0.600 bits per heavy atom. The molecular formula is C28H38N2+2. The monoisotopic (exact) mass is 402 g/mol. The average Bonchev–Trinajstić information content (AvgIpc) is 2.75. The average molecular weight is 403 g/mol. The molecule has 2 nitrogen and oxygen atoms in total. The van der Waals surface area contributed by atoms with Crippen LogP contribution in [0.1, 0.15) is 60.9 Å². The molecule has 0 saturated heterocycles. The van der Waals surface area contributed by atoms with Crippen LogP contribution < -0.4 is 9.13 Å². The van der Waals surface area contributed by atoms with Gasteiger partial charge in [-0.05, 0) is 62.6 Å². The summed E-state index contributed by atoms with van der Waals surface area (Å²) in [4.78, 5) is 0. The van der Waals surface area contributed by atoms with E-state index in [0.29, 0.717) is 0 Å². The third-order valence-corrected chi connectivity index (χ3v) is 6.00. The second kappa shape index (κ2) is 12.3. The summed E-state index contributed by atoms with van der Waals surface area (Å²) in [6.07, 6.45) is 16.7. The number of aromatic nitrogens is 2. The standard InChI is InChI=1S/C28H38N2/c1-25-14-13-21-29(24-25)20-10-3-5-16-27-18-7-8-19-28(27)17-6-4-11-22-30-23-12-9-15-26(30)2/h7-9,12-15,18-19,21,23-24H,3-6,10-11,16-17,20,22H2,1-2H3/q+2. The zero-order chi connectivity index (χ0) is 21.0. The number of nitrogens with zero attached hydrogens (tertiary/aromatic N) is 2. The molecule has 0 unspecified atom stereocenters.